The lowest BCUT2D eigenvalue weighted by atomic mass is 9.94. The van der Waals surface area contributed by atoms with Crippen LogP contribution in [0.2, 0.25) is 0 Å². The number of carbonyl (C=O) groups excluding carboxylic acids is 2. The lowest BCUT2D eigenvalue weighted by molar-refractivity contribution is -0.169. The lowest BCUT2D eigenvalue weighted by Crippen LogP contribution is -2.59. The summed E-state index contributed by atoms with van der Waals surface area (Å²) in [6.07, 6.45) is -0.665. The molecule has 0 fully saturated rings. The molecule has 2 aromatic rings. The number of esters is 2. The molecule has 9 heteroatoms. The fourth-order valence-corrected chi connectivity index (χ4v) is 5.11. The maximum atomic E-state index is 15.8. The molecule has 0 aliphatic carbocycles. The zero-order chi connectivity index (χ0) is 24.9. The van der Waals surface area contributed by atoms with Gasteiger partial charge in [0.1, 0.15) is 0 Å². The molecule has 0 spiro atoms. The molecule has 0 amide bonds. The number of aryl methyl sites for hydroxylation is 1. The van der Waals surface area contributed by atoms with Crippen LogP contribution in [0.3, 0.4) is 0 Å². The molecule has 0 radical (unpaired) electrons. The summed E-state index contributed by atoms with van der Waals surface area (Å²) in [6, 6.07) is 14.2. The second kappa shape index (κ2) is 10.1. The summed E-state index contributed by atoms with van der Waals surface area (Å²) >= 11 is 0. The average molecular weight is 486 g/mol. The summed E-state index contributed by atoms with van der Waals surface area (Å²) in [5.41, 5.74) is -1.64. The van der Waals surface area contributed by atoms with E-state index in [9.17, 15) is 18.0 Å². The van der Waals surface area contributed by atoms with Gasteiger partial charge in [-0.1, -0.05) is 47.7 Å². The van der Waals surface area contributed by atoms with Crippen molar-refractivity contribution in [3.63, 3.8) is 0 Å². The quantitative estimate of drug-likeness (QED) is 0.269. The van der Waals surface area contributed by atoms with Crippen LogP contribution in [0.25, 0.3) is 0 Å². The Morgan fingerprint density at radius 2 is 1.53 bits per heavy atom. The van der Waals surface area contributed by atoms with Gasteiger partial charge in [0.15, 0.2) is 0 Å². The average Bonchev–Trinajstić information content (AvgIpc) is 3.13. The first-order chi connectivity index (χ1) is 16.2. The molecule has 1 aliphatic rings. The third-order valence-corrected chi connectivity index (χ3v) is 6.94. The van der Waals surface area contributed by atoms with Gasteiger partial charge in [-0.3, -0.25) is 0 Å². The van der Waals surface area contributed by atoms with Gasteiger partial charge in [0.2, 0.25) is 5.95 Å². The number of rotatable bonds is 6. The van der Waals surface area contributed by atoms with Gasteiger partial charge >= 0.3 is 11.9 Å². The van der Waals surface area contributed by atoms with Gasteiger partial charge in [-0.15, -0.1) is 0 Å². The van der Waals surface area contributed by atoms with E-state index in [4.69, 9.17) is 9.47 Å². The number of benzene rings is 2. The second-order valence-electron chi connectivity index (χ2n) is 7.45. The molecule has 2 aromatic carbocycles. The van der Waals surface area contributed by atoms with Crippen LogP contribution in [0.1, 0.15) is 31.4 Å². The Morgan fingerprint density at radius 1 is 0.971 bits per heavy atom. The molecular formula is C25H24FNO6S. The predicted octanol–water partition coefficient (Wildman–Crippen LogP) is 3.49. The van der Waals surface area contributed by atoms with E-state index in [1.165, 1.54) is 38.1 Å². The highest BCUT2D eigenvalue weighted by atomic mass is 32.2. The highest BCUT2D eigenvalue weighted by molar-refractivity contribution is 7.89. The van der Waals surface area contributed by atoms with E-state index in [1.54, 1.807) is 37.3 Å². The van der Waals surface area contributed by atoms with E-state index in [0.717, 1.165) is 5.56 Å². The largest absolute Gasteiger partial charge is 0.464 e. The van der Waals surface area contributed by atoms with Crippen LogP contribution in [0.5, 0.6) is 0 Å². The topological polar surface area (TPSA) is 90.0 Å². The molecule has 178 valence electrons. The number of carbonyl (C=O) groups is 2. The monoisotopic (exact) mass is 485 g/mol. The van der Waals surface area contributed by atoms with Gasteiger partial charge in [0, 0.05) is 12.0 Å². The van der Waals surface area contributed by atoms with E-state index in [1.807, 2.05) is 0 Å². The first-order valence-electron chi connectivity index (χ1n) is 10.6. The summed E-state index contributed by atoms with van der Waals surface area (Å²) in [4.78, 5) is 25.9. The summed E-state index contributed by atoms with van der Waals surface area (Å²) in [7, 11) is -4.72. The number of hydrogen-bond donors (Lipinski definition) is 0. The zero-order valence-corrected chi connectivity index (χ0v) is 19.8. The van der Waals surface area contributed by atoms with Crippen LogP contribution >= 0.6 is 0 Å². The Labute approximate surface area is 198 Å². The second-order valence-corrected chi connectivity index (χ2v) is 9.23. The number of sulfonamides is 1. The third-order valence-electron chi connectivity index (χ3n) is 5.12. The molecule has 7 nitrogen and oxygen atoms in total. The highest BCUT2D eigenvalue weighted by Crippen LogP contribution is 2.44. The van der Waals surface area contributed by atoms with Crippen molar-refractivity contribution in [2.45, 2.75) is 37.6 Å². The SMILES string of the molecule is CCOC(=O)C1(C(=O)OCC)CC(C#Cc2ccccc2)=C(F)N1S(=O)(=O)c1ccc(C)cc1. The molecular weight excluding hydrogens is 461 g/mol. The highest BCUT2D eigenvalue weighted by Gasteiger charge is 2.64. The van der Waals surface area contributed by atoms with Crippen molar-refractivity contribution in [2.75, 3.05) is 13.2 Å². The van der Waals surface area contributed by atoms with Crippen LogP contribution in [-0.2, 0) is 29.1 Å². The van der Waals surface area contributed by atoms with Crippen molar-refractivity contribution in [1.82, 2.24) is 4.31 Å². The molecule has 0 saturated carbocycles. The Kier molecular flexibility index (Phi) is 7.42. The molecule has 0 saturated heterocycles. The van der Waals surface area contributed by atoms with Gasteiger partial charge in [-0.2, -0.15) is 4.39 Å². The summed E-state index contributed by atoms with van der Waals surface area (Å²) in [6.45, 7) is 4.41. The number of ether oxygens (including phenoxy) is 2. The van der Waals surface area contributed by atoms with E-state index >= 15 is 4.39 Å². The first kappa shape index (κ1) is 25.0. The van der Waals surface area contributed by atoms with Gasteiger partial charge in [0.05, 0.1) is 23.7 Å². The van der Waals surface area contributed by atoms with Gasteiger partial charge in [-0.05, 0) is 45.0 Å². The standard InChI is InChI=1S/C25H24FNO6S/c1-4-32-23(28)25(24(29)33-5-2)17-20(14-13-19-9-7-6-8-10-19)22(26)27(25)34(30,31)21-15-11-18(3)12-16-21/h6-12,15-16H,4-5,17H2,1-3H3. The number of nitrogens with zero attached hydrogens (tertiary/aromatic N) is 1. The summed E-state index contributed by atoms with van der Waals surface area (Å²) < 4.78 is 53.3. The van der Waals surface area contributed by atoms with Crippen LogP contribution < -0.4 is 0 Å². The Bertz CT molecular complexity index is 1260. The van der Waals surface area contributed by atoms with Gasteiger partial charge < -0.3 is 9.47 Å². The number of hydrogen-bond acceptors (Lipinski definition) is 6. The zero-order valence-electron chi connectivity index (χ0n) is 19.0. The summed E-state index contributed by atoms with van der Waals surface area (Å²) in [5, 5.41) is 0. The van der Waals surface area contributed by atoms with Crippen molar-refractivity contribution < 1.29 is 31.9 Å². The van der Waals surface area contributed by atoms with Gasteiger partial charge in [0.25, 0.3) is 15.6 Å². The van der Waals surface area contributed by atoms with E-state index in [-0.39, 0.29) is 28.0 Å². The van der Waals surface area contributed by atoms with Crippen molar-refractivity contribution >= 4 is 22.0 Å². The minimum atomic E-state index is -4.72. The van der Waals surface area contributed by atoms with Crippen LogP contribution in [-0.4, -0.2) is 43.4 Å². The minimum Gasteiger partial charge on any atom is -0.464 e. The molecule has 34 heavy (non-hydrogen) atoms. The van der Waals surface area contributed by atoms with Crippen molar-refractivity contribution in [2.24, 2.45) is 0 Å². The van der Waals surface area contributed by atoms with Crippen LogP contribution in [0.15, 0.2) is 71.0 Å². The van der Waals surface area contributed by atoms with E-state index in [0.29, 0.717) is 5.56 Å². The van der Waals surface area contributed by atoms with Crippen molar-refractivity contribution in [1.29, 1.82) is 0 Å². The molecule has 3 rings (SSSR count). The minimum absolute atomic E-state index is 0.162. The lowest BCUT2D eigenvalue weighted by Gasteiger charge is -2.34. The Morgan fingerprint density at radius 3 is 2.06 bits per heavy atom. The first-order valence-corrected chi connectivity index (χ1v) is 12.0. The predicted molar refractivity (Wildman–Crippen MR) is 122 cm³/mol. The van der Waals surface area contributed by atoms with Crippen molar-refractivity contribution in [3.05, 3.63) is 77.2 Å². The van der Waals surface area contributed by atoms with Gasteiger partial charge in [-0.25, -0.2) is 22.3 Å². The maximum absolute atomic E-state index is 15.8. The molecule has 0 N–H and O–H groups in total. The fourth-order valence-electron chi connectivity index (χ4n) is 3.48. The summed E-state index contributed by atoms with van der Waals surface area (Å²) in [5.74, 6) is 1.53. The molecule has 1 aliphatic heterocycles. The fraction of sp³-hybridized carbons (Fsp3) is 0.280. The van der Waals surface area contributed by atoms with Crippen molar-refractivity contribution in [3.8, 4) is 11.8 Å². The molecule has 0 atom stereocenters. The number of halogens is 1. The molecule has 1 heterocycles. The molecule has 0 aromatic heterocycles. The maximum Gasteiger partial charge on any atom is 0.345 e. The molecule has 0 bridgehead atoms. The van der Waals surface area contributed by atoms with Crippen LogP contribution in [0.4, 0.5) is 4.39 Å². The third kappa shape index (κ3) is 4.54. The van der Waals surface area contributed by atoms with E-state index in [2.05, 4.69) is 11.8 Å². The van der Waals surface area contributed by atoms with Crippen LogP contribution in [0, 0.1) is 18.8 Å². The smallest absolute Gasteiger partial charge is 0.345 e. The Balaban J connectivity index is 2.25. The normalized spacial score (nSPS) is 14.9. The molecule has 0 unspecified atom stereocenters. The van der Waals surface area contributed by atoms with E-state index < -0.39 is 39.9 Å². The Hall–Kier alpha value is -3.64.